The molecule has 0 aromatic carbocycles. The van der Waals surface area contributed by atoms with Gasteiger partial charge in [-0.2, -0.15) is 0 Å². The van der Waals surface area contributed by atoms with Crippen LogP contribution in [0, 0.1) is 34.5 Å². The van der Waals surface area contributed by atoms with Crippen LogP contribution < -0.4 is 34.0 Å². The Morgan fingerprint density at radius 3 is 2.07 bits per heavy atom. The zero-order chi connectivity index (χ0) is 30.9. The Bertz CT molecular complexity index is 1120. The van der Waals surface area contributed by atoms with Crippen LogP contribution in [0.25, 0.3) is 0 Å². The van der Waals surface area contributed by atoms with E-state index in [4.69, 9.17) is 9.47 Å². The number of fused-ring (bicyclic) bond motifs is 5. The molecule has 10 atom stereocenters. The Labute approximate surface area is 293 Å². The summed E-state index contributed by atoms with van der Waals surface area (Å²) in [6.07, 6.45) is 12.6. The predicted molar refractivity (Wildman–Crippen MR) is 167 cm³/mol. The SMILES string of the molecule is CC(=O)O[C@H]1C[C@@H]2CCC3C4CC(N5C=C[N+](C)(C)CC5)[C@H](OC(C)=O)[C@@]4(C)CCC3[C@@]2(C)C[C@@H]1N1CC[N+](C)(C)CC1.[Br-].[Br-]. The maximum absolute atomic E-state index is 12.5. The van der Waals surface area contributed by atoms with Crippen LogP contribution in [0.2, 0.25) is 0 Å². The van der Waals surface area contributed by atoms with Gasteiger partial charge in [0.2, 0.25) is 0 Å². The van der Waals surface area contributed by atoms with Gasteiger partial charge in [0, 0.05) is 38.4 Å². The van der Waals surface area contributed by atoms with Gasteiger partial charge in [0.1, 0.15) is 25.0 Å². The highest BCUT2D eigenvalue weighted by atomic mass is 79.9. The van der Waals surface area contributed by atoms with E-state index < -0.39 is 0 Å². The van der Waals surface area contributed by atoms with Gasteiger partial charge in [-0.25, -0.2) is 0 Å². The highest BCUT2D eigenvalue weighted by molar-refractivity contribution is 5.66. The molecule has 8 nitrogen and oxygen atoms in total. The third kappa shape index (κ3) is 6.93. The van der Waals surface area contributed by atoms with Crippen LogP contribution in [-0.2, 0) is 19.1 Å². The molecule has 2 aliphatic heterocycles. The third-order valence-electron chi connectivity index (χ3n) is 13.7. The molecule has 10 heteroatoms. The molecule has 0 N–H and O–H groups in total. The largest absolute Gasteiger partial charge is 1.00 e. The summed E-state index contributed by atoms with van der Waals surface area (Å²) >= 11 is 0. The average molecular weight is 761 g/mol. The van der Waals surface area contributed by atoms with Gasteiger partial charge >= 0.3 is 11.9 Å². The number of hydrogen-bond acceptors (Lipinski definition) is 6. The lowest BCUT2D eigenvalue weighted by Crippen LogP contribution is -3.00. The molecule has 0 aromatic rings. The van der Waals surface area contributed by atoms with E-state index in [1.54, 1.807) is 13.8 Å². The van der Waals surface area contributed by atoms with E-state index in [-0.39, 0.29) is 75.0 Å². The molecular weight excluding hydrogens is 700 g/mol. The van der Waals surface area contributed by atoms with Gasteiger partial charge in [-0.3, -0.25) is 19.0 Å². The minimum Gasteiger partial charge on any atom is -1.00 e. The summed E-state index contributed by atoms with van der Waals surface area (Å²) in [6, 6.07) is 0.560. The number of halogens is 2. The van der Waals surface area contributed by atoms with Crippen LogP contribution in [0.4, 0.5) is 0 Å². The lowest BCUT2D eigenvalue weighted by molar-refractivity contribution is -0.894. The summed E-state index contributed by atoms with van der Waals surface area (Å²) in [4.78, 5) is 30.0. The van der Waals surface area contributed by atoms with Gasteiger partial charge in [0.25, 0.3) is 0 Å². The number of hydrogen-bond donors (Lipinski definition) is 0. The summed E-state index contributed by atoms with van der Waals surface area (Å²) in [5.74, 6) is 2.23. The Balaban J connectivity index is 0.00000230. The standard InChI is InChI=1S/C35H60N4O4.2BrH/c1-24(40)42-32-21-26-9-10-27-28(35(26,4)23-31(32)37-15-19-39(7,8)20-16-37)11-12-34(3)29(27)22-30(33(34)43-25(2)41)36-13-17-38(5,6)18-14-36;;/h13,17,26-33H,9-12,14-16,18-23H2,1-8H3;2*1H/q+2;;/p-2/t26-,27?,28?,29?,30?,31-,32-,33-,34-,35-;;/m0../s1. The summed E-state index contributed by atoms with van der Waals surface area (Å²) in [6.45, 7) is 14.8. The molecule has 0 bridgehead atoms. The van der Waals surface area contributed by atoms with Crippen LogP contribution in [-0.4, -0.2) is 122 Å². The van der Waals surface area contributed by atoms with Crippen molar-refractivity contribution in [1.82, 2.24) is 9.80 Å². The Hall–Kier alpha value is -0.680. The molecule has 258 valence electrons. The van der Waals surface area contributed by atoms with Gasteiger partial charge in [-0.15, -0.1) is 0 Å². The summed E-state index contributed by atoms with van der Waals surface area (Å²) in [7, 11) is 9.18. The first kappa shape index (κ1) is 37.1. The van der Waals surface area contributed by atoms with E-state index in [2.05, 4.69) is 64.2 Å². The van der Waals surface area contributed by atoms with Crippen molar-refractivity contribution in [2.45, 2.75) is 96.9 Å². The maximum Gasteiger partial charge on any atom is 0.302 e. The van der Waals surface area contributed by atoms with Gasteiger partial charge < -0.3 is 52.8 Å². The average Bonchev–Trinajstić information content (AvgIpc) is 3.20. The van der Waals surface area contributed by atoms with Crippen molar-refractivity contribution in [3.63, 3.8) is 0 Å². The molecule has 4 saturated carbocycles. The highest BCUT2D eigenvalue weighted by Crippen LogP contribution is 2.67. The zero-order valence-electron chi connectivity index (χ0n) is 29.1. The molecule has 45 heavy (non-hydrogen) atoms. The van der Waals surface area contributed by atoms with Gasteiger partial charge in [0.05, 0.1) is 60.1 Å². The van der Waals surface area contributed by atoms with E-state index >= 15 is 0 Å². The number of esters is 2. The normalized spacial score (nSPS) is 43.4. The lowest BCUT2D eigenvalue weighted by atomic mass is 9.44. The molecule has 0 spiro atoms. The summed E-state index contributed by atoms with van der Waals surface area (Å²) < 4.78 is 14.4. The van der Waals surface area contributed by atoms with Crippen molar-refractivity contribution in [2.75, 3.05) is 67.5 Å². The van der Waals surface area contributed by atoms with Crippen LogP contribution in [0.1, 0.15) is 72.6 Å². The van der Waals surface area contributed by atoms with Crippen LogP contribution in [0.5, 0.6) is 0 Å². The smallest absolute Gasteiger partial charge is 0.302 e. The number of rotatable bonds is 4. The van der Waals surface area contributed by atoms with Crippen molar-refractivity contribution >= 4 is 11.9 Å². The van der Waals surface area contributed by atoms with Gasteiger partial charge in [-0.1, -0.05) is 13.8 Å². The number of piperazine rings is 1. The van der Waals surface area contributed by atoms with Crippen LogP contribution in [0.3, 0.4) is 0 Å². The van der Waals surface area contributed by atoms with E-state index in [0.29, 0.717) is 29.7 Å². The fourth-order valence-electron chi connectivity index (χ4n) is 11.1. The number of ether oxygens (including phenoxy) is 2. The number of likely N-dealkylation sites (N-methyl/N-ethyl adjacent to an activating group) is 2. The van der Waals surface area contributed by atoms with E-state index in [1.165, 1.54) is 19.3 Å². The summed E-state index contributed by atoms with van der Waals surface area (Å²) in [5, 5.41) is 0. The first-order chi connectivity index (χ1) is 20.1. The second kappa shape index (κ2) is 13.3. The van der Waals surface area contributed by atoms with Gasteiger partial charge in [0.15, 0.2) is 0 Å². The fraction of sp³-hybridized carbons (Fsp3) is 0.886. The zero-order valence-corrected chi connectivity index (χ0v) is 32.3. The second-order valence-corrected chi connectivity index (χ2v) is 17.1. The van der Waals surface area contributed by atoms with Crippen molar-refractivity contribution in [1.29, 1.82) is 0 Å². The highest BCUT2D eigenvalue weighted by Gasteiger charge is 2.65. The lowest BCUT2D eigenvalue weighted by Gasteiger charge is -2.62. The van der Waals surface area contributed by atoms with E-state index in [0.717, 1.165) is 73.9 Å². The van der Waals surface area contributed by atoms with Crippen molar-refractivity contribution < 1.29 is 62.0 Å². The first-order valence-electron chi connectivity index (χ1n) is 17.3. The molecule has 0 radical (unpaired) electrons. The molecule has 6 aliphatic rings. The molecule has 6 rings (SSSR count). The minimum absolute atomic E-state index is 0. The Kier molecular flexibility index (Phi) is 11.0. The molecule has 0 aromatic heterocycles. The number of carbonyl (C=O) groups is 2. The van der Waals surface area contributed by atoms with Crippen molar-refractivity contribution in [3.8, 4) is 0 Å². The van der Waals surface area contributed by atoms with E-state index in [1.807, 2.05) is 0 Å². The third-order valence-corrected chi connectivity index (χ3v) is 13.7. The Morgan fingerprint density at radius 2 is 1.47 bits per heavy atom. The number of quaternary nitrogens is 2. The van der Waals surface area contributed by atoms with Crippen molar-refractivity contribution in [2.24, 2.45) is 34.5 Å². The fourth-order valence-corrected chi connectivity index (χ4v) is 11.1. The topological polar surface area (TPSA) is 59.1 Å². The molecule has 0 amide bonds. The molecule has 1 saturated heterocycles. The van der Waals surface area contributed by atoms with E-state index in [9.17, 15) is 9.59 Å². The minimum atomic E-state index is -0.137. The summed E-state index contributed by atoms with van der Waals surface area (Å²) in [5.41, 5.74) is 0.260. The van der Waals surface area contributed by atoms with Crippen LogP contribution in [0.15, 0.2) is 12.4 Å². The molecular formula is C35H60Br2N4O4. The monoisotopic (exact) mass is 758 g/mol. The maximum atomic E-state index is 12.5. The number of carbonyl (C=O) groups excluding carboxylic acids is 2. The quantitative estimate of drug-likeness (QED) is 0.247. The van der Waals surface area contributed by atoms with Crippen molar-refractivity contribution in [3.05, 3.63) is 12.4 Å². The Morgan fingerprint density at radius 1 is 0.800 bits per heavy atom. The molecule has 5 fully saturated rings. The van der Waals surface area contributed by atoms with Gasteiger partial charge in [-0.05, 0) is 74.0 Å². The molecule has 4 aliphatic carbocycles. The predicted octanol–water partition coefficient (Wildman–Crippen LogP) is -1.89. The molecule has 2 heterocycles. The first-order valence-corrected chi connectivity index (χ1v) is 17.3. The van der Waals surface area contributed by atoms with Crippen LogP contribution >= 0.6 is 0 Å². The molecule has 4 unspecified atom stereocenters. The number of nitrogens with zero attached hydrogens (tertiary/aromatic N) is 4. The second-order valence-electron chi connectivity index (χ2n) is 17.1.